The Morgan fingerprint density at radius 3 is 2.11 bits per heavy atom. The predicted molar refractivity (Wildman–Crippen MR) is 111 cm³/mol. The summed E-state index contributed by atoms with van der Waals surface area (Å²) < 4.78 is 13.2. The molecule has 3 aromatic carbocycles. The highest BCUT2D eigenvalue weighted by Gasteiger charge is 2.18. The van der Waals surface area contributed by atoms with Gasteiger partial charge in [-0.1, -0.05) is 66.7 Å². The number of nitrogens with one attached hydrogen (secondary N) is 2. The molecule has 0 fully saturated rings. The molecular weight excluding hydrogens is 351 g/mol. The minimum absolute atomic E-state index is 0.0131. The summed E-state index contributed by atoms with van der Waals surface area (Å²) >= 11 is 0. The highest BCUT2D eigenvalue weighted by Crippen LogP contribution is 2.19. The van der Waals surface area contributed by atoms with Crippen molar-refractivity contribution >= 4 is 5.91 Å². The zero-order valence-corrected chi connectivity index (χ0v) is 16.3. The van der Waals surface area contributed by atoms with Crippen LogP contribution >= 0.6 is 0 Å². The lowest BCUT2D eigenvalue weighted by molar-refractivity contribution is -0.890. The molecule has 0 bridgehead atoms. The van der Waals surface area contributed by atoms with E-state index in [0.717, 1.165) is 22.3 Å². The first-order chi connectivity index (χ1) is 13.5. The number of amides is 1. The molecule has 3 rings (SSSR count). The Hall–Kier alpha value is -2.98. The Balaban J connectivity index is 1.58. The molecular formula is C24H26FN2O+. The number of quaternary nitrogens is 1. The molecule has 0 radical (unpaired) electrons. The second-order valence-electron chi connectivity index (χ2n) is 7.23. The molecule has 4 heteroatoms. The fourth-order valence-electron chi connectivity index (χ4n) is 3.26. The van der Waals surface area contributed by atoms with Crippen LogP contribution in [-0.4, -0.2) is 26.5 Å². The molecule has 1 atom stereocenters. The van der Waals surface area contributed by atoms with Gasteiger partial charge in [0.15, 0.2) is 0 Å². The predicted octanol–water partition coefficient (Wildman–Crippen LogP) is 3.04. The summed E-state index contributed by atoms with van der Waals surface area (Å²) in [6.07, 6.45) is 0.341. The number of carbonyl (C=O) groups excluding carboxylic acids is 1. The van der Waals surface area contributed by atoms with Gasteiger partial charge in [-0.2, -0.15) is 0 Å². The van der Waals surface area contributed by atoms with E-state index < -0.39 is 0 Å². The van der Waals surface area contributed by atoms with Crippen molar-refractivity contribution in [3.63, 3.8) is 0 Å². The SMILES string of the molecule is C[NH+](C)[C@H](CNC(=O)Cc1ccc(-c2ccccc2)cc1)c1ccc(F)cc1. The summed E-state index contributed by atoms with van der Waals surface area (Å²) in [7, 11) is 4.06. The average Bonchev–Trinajstić information content (AvgIpc) is 2.70. The Labute approximate surface area is 165 Å². The van der Waals surface area contributed by atoms with Gasteiger partial charge in [-0.05, 0) is 28.8 Å². The van der Waals surface area contributed by atoms with Crippen LogP contribution < -0.4 is 10.2 Å². The fraction of sp³-hybridized carbons (Fsp3) is 0.208. The maximum Gasteiger partial charge on any atom is 0.224 e. The van der Waals surface area contributed by atoms with Crippen molar-refractivity contribution in [2.75, 3.05) is 20.6 Å². The second kappa shape index (κ2) is 9.29. The van der Waals surface area contributed by atoms with Crippen molar-refractivity contribution in [3.8, 4) is 11.1 Å². The van der Waals surface area contributed by atoms with Crippen LogP contribution in [0.25, 0.3) is 11.1 Å². The van der Waals surface area contributed by atoms with Crippen molar-refractivity contribution in [2.24, 2.45) is 0 Å². The Morgan fingerprint density at radius 1 is 0.893 bits per heavy atom. The molecule has 0 saturated heterocycles. The Bertz CT molecular complexity index is 890. The minimum atomic E-state index is -0.251. The maximum atomic E-state index is 13.2. The summed E-state index contributed by atoms with van der Waals surface area (Å²) in [5, 5.41) is 3.02. The van der Waals surface area contributed by atoms with Crippen LogP contribution in [0.15, 0.2) is 78.9 Å². The van der Waals surface area contributed by atoms with Gasteiger partial charge in [-0.3, -0.25) is 4.79 Å². The normalized spacial score (nSPS) is 12.0. The van der Waals surface area contributed by atoms with E-state index in [1.54, 1.807) is 12.1 Å². The molecule has 0 spiro atoms. The van der Waals surface area contributed by atoms with Crippen LogP contribution in [0, 0.1) is 5.82 Å². The van der Waals surface area contributed by atoms with E-state index in [2.05, 4.69) is 17.4 Å². The van der Waals surface area contributed by atoms with Gasteiger partial charge in [0, 0.05) is 5.56 Å². The largest absolute Gasteiger partial charge is 0.349 e. The van der Waals surface area contributed by atoms with Gasteiger partial charge in [0.05, 0.1) is 27.1 Å². The van der Waals surface area contributed by atoms with E-state index in [-0.39, 0.29) is 17.8 Å². The Morgan fingerprint density at radius 2 is 1.50 bits per heavy atom. The van der Waals surface area contributed by atoms with Gasteiger partial charge in [0.1, 0.15) is 11.9 Å². The number of hydrogen-bond donors (Lipinski definition) is 2. The first-order valence-corrected chi connectivity index (χ1v) is 9.49. The summed E-state index contributed by atoms with van der Waals surface area (Å²) in [6, 6.07) is 24.8. The molecule has 0 aliphatic carbocycles. The van der Waals surface area contributed by atoms with Crippen LogP contribution in [0.1, 0.15) is 17.2 Å². The topological polar surface area (TPSA) is 33.5 Å². The van der Waals surface area contributed by atoms with E-state index in [1.807, 2.05) is 56.6 Å². The molecule has 0 aromatic heterocycles. The van der Waals surface area contributed by atoms with Crippen LogP contribution in [0.3, 0.4) is 0 Å². The van der Waals surface area contributed by atoms with Gasteiger partial charge < -0.3 is 10.2 Å². The molecule has 0 saturated carbocycles. The maximum absolute atomic E-state index is 13.2. The molecule has 0 heterocycles. The summed E-state index contributed by atoms with van der Waals surface area (Å²) in [5.41, 5.74) is 4.29. The molecule has 0 aliphatic rings. The lowest BCUT2D eigenvalue weighted by atomic mass is 10.0. The highest BCUT2D eigenvalue weighted by atomic mass is 19.1. The third-order valence-electron chi connectivity index (χ3n) is 4.90. The highest BCUT2D eigenvalue weighted by molar-refractivity contribution is 5.79. The molecule has 0 unspecified atom stereocenters. The monoisotopic (exact) mass is 377 g/mol. The van der Waals surface area contributed by atoms with E-state index >= 15 is 0 Å². The molecule has 1 amide bonds. The van der Waals surface area contributed by atoms with Gasteiger partial charge in [0.2, 0.25) is 5.91 Å². The number of rotatable bonds is 7. The third kappa shape index (κ3) is 5.27. The van der Waals surface area contributed by atoms with E-state index in [9.17, 15) is 9.18 Å². The smallest absolute Gasteiger partial charge is 0.224 e. The number of carbonyl (C=O) groups is 1. The van der Waals surface area contributed by atoms with Gasteiger partial charge in [-0.25, -0.2) is 4.39 Å². The van der Waals surface area contributed by atoms with Gasteiger partial charge in [0.25, 0.3) is 0 Å². The van der Waals surface area contributed by atoms with E-state index in [1.165, 1.54) is 17.0 Å². The molecule has 0 aliphatic heterocycles. The molecule has 3 aromatic rings. The van der Waals surface area contributed by atoms with Crippen LogP contribution in [-0.2, 0) is 11.2 Å². The van der Waals surface area contributed by atoms with Gasteiger partial charge in [-0.15, -0.1) is 0 Å². The quantitative estimate of drug-likeness (QED) is 0.652. The third-order valence-corrected chi connectivity index (χ3v) is 4.90. The van der Waals surface area contributed by atoms with Gasteiger partial charge >= 0.3 is 0 Å². The molecule has 3 nitrogen and oxygen atoms in total. The molecule has 2 N–H and O–H groups in total. The standard InChI is InChI=1S/C24H25FN2O/c1-27(2)23(21-12-14-22(25)15-13-21)17-26-24(28)16-18-8-10-20(11-9-18)19-6-4-3-5-7-19/h3-15,23H,16-17H2,1-2H3,(H,26,28)/p+1/t23-/m1/s1. The molecule has 28 heavy (non-hydrogen) atoms. The number of halogens is 1. The van der Waals surface area contributed by atoms with Crippen molar-refractivity contribution < 1.29 is 14.1 Å². The van der Waals surface area contributed by atoms with Crippen molar-refractivity contribution in [2.45, 2.75) is 12.5 Å². The van der Waals surface area contributed by atoms with Crippen molar-refractivity contribution in [3.05, 3.63) is 95.8 Å². The lowest BCUT2D eigenvalue weighted by Gasteiger charge is -2.22. The average molecular weight is 377 g/mol. The van der Waals surface area contributed by atoms with Crippen molar-refractivity contribution in [1.82, 2.24) is 5.32 Å². The van der Waals surface area contributed by atoms with Crippen molar-refractivity contribution in [1.29, 1.82) is 0 Å². The first-order valence-electron chi connectivity index (χ1n) is 9.49. The van der Waals surface area contributed by atoms with E-state index in [4.69, 9.17) is 0 Å². The zero-order chi connectivity index (χ0) is 19.9. The minimum Gasteiger partial charge on any atom is -0.349 e. The lowest BCUT2D eigenvalue weighted by Crippen LogP contribution is -3.07. The van der Waals surface area contributed by atoms with E-state index in [0.29, 0.717) is 13.0 Å². The summed E-state index contributed by atoms with van der Waals surface area (Å²) in [4.78, 5) is 13.6. The zero-order valence-electron chi connectivity index (χ0n) is 16.3. The number of benzene rings is 3. The first kappa shape index (κ1) is 19.8. The Kier molecular flexibility index (Phi) is 6.56. The molecule has 144 valence electrons. The number of likely N-dealkylation sites (N-methyl/N-ethyl adjacent to an activating group) is 1. The van der Waals surface area contributed by atoms with Crippen LogP contribution in [0.2, 0.25) is 0 Å². The second-order valence-corrected chi connectivity index (χ2v) is 7.23. The summed E-state index contributed by atoms with van der Waals surface area (Å²) in [5.74, 6) is -0.264. The summed E-state index contributed by atoms with van der Waals surface area (Å²) in [6.45, 7) is 0.509. The number of hydrogen-bond acceptors (Lipinski definition) is 1. The van der Waals surface area contributed by atoms with Crippen LogP contribution in [0.4, 0.5) is 4.39 Å². The fourth-order valence-corrected chi connectivity index (χ4v) is 3.26. The van der Waals surface area contributed by atoms with Crippen LogP contribution in [0.5, 0.6) is 0 Å².